The first kappa shape index (κ1) is 13.1. The molecular weight excluding hydrogens is 269 g/mol. The molecule has 0 aliphatic heterocycles. The number of rotatable bonds is 3. The summed E-state index contributed by atoms with van der Waals surface area (Å²) >= 11 is 11.8. The fourth-order valence-corrected chi connectivity index (χ4v) is 2.15. The van der Waals surface area contributed by atoms with Crippen molar-refractivity contribution in [2.75, 3.05) is 12.8 Å². The van der Waals surface area contributed by atoms with E-state index in [1.165, 1.54) is 6.20 Å². The van der Waals surface area contributed by atoms with Gasteiger partial charge in [0, 0.05) is 16.8 Å². The summed E-state index contributed by atoms with van der Waals surface area (Å²) in [5.74, 6) is 0.466. The predicted octanol–water partition coefficient (Wildman–Crippen LogP) is 3.28. The maximum absolute atomic E-state index is 5.96. The van der Waals surface area contributed by atoms with Gasteiger partial charge in [0.15, 0.2) is 0 Å². The first-order chi connectivity index (χ1) is 8.61. The van der Waals surface area contributed by atoms with Crippen LogP contribution in [0.1, 0.15) is 17.2 Å². The van der Waals surface area contributed by atoms with Crippen LogP contribution in [0, 0.1) is 0 Å². The van der Waals surface area contributed by atoms with Crippen LogP contribution in [-0.4, -0.2) is 12.0 Å². The van der Waals surface area contributed by atoms with Gasteiger partial charge < -0.3 is 11.1 Å². The summed E-state index contributed by atoms with van der Waals surface area (Å²) in [5, 5.41) is 4.46. The van der Waals surface area contributed by atoms with Crippen LogP contribution in [0.15, 0.2) is 36.5 Å². The van der Waals surface area contributed by atoms with Crippen molar-refractivity contribution in [2.45, 2.75) is 6.04 Å². The predicted molar refractivity (Wildman–Crippen MR) is 76.0 cm³/mol. The minimum Gasteiger partial charge on any atom is -0.383 e. The third kappa shape index (κ3) is 2.75. The number of anilines is 1. The van der Waals surface area contributed by atoms with E-state index in [0.717, 1.165) is 11.1 Å². The van der Waals surface area contributed by atoms with Crippen LogP contribution in [0.2, 0.25) is 10.0 Å². The Morgan fingerprint density at radius 3 is 2.44 bits per heavy atom. The molecule has 3 nitrogen and oxygen atoms in total. The number of hydrogen-bond acceptors (Lipinski definition) is 3. The molecule has 0 radical (unpaired) electrons. The molecule has 5 heteroatoms. The molecule has 0 aliphatic carbocycles. The molecule has 1 aromatic heterocycles. The van der Waals surface area contributed by atoms with E-state index in [9.17, 15) is 0 Å². The summed E-state index contributed by atoms with van der Waals surface area (Å²) in [6.45, 7) is 0. The highest BCUT2D eigenvalue weighted by atomic mass is 35.5. The standard InChI is InChI=1S/C13H13Cl2N3/c1-17-12(8-2-4-9(14)5-3-8)11-6-10(15)7-18-13(11)16/h2-7,12,17H,1H3,(H2,16,18). The second kappa shape index (κ2) is 5.57. The molecule has 1 unspecified atom stereocenters. The lowest BCUT2D eigenvalue weighted by Crippen LogP contribution is -2.19. The molecule has 2 rings (SSSR count). The Kier molecular flexibility index (Phi) is 4.07. The molecule has 1 heterocycles. The van der Waals surface area contributed by atoms with Gasteiger partial charge in [-0.15, -0.1) is 0 Å². The van der Waals surface area contributed by atoms with E-state index in [2.05, 4.69) is 10.3 Å². The van der Waals surface area contributed by atoms with Crippen molar-refractivity contribution < 1.29 is 0 Å². The van der Waals surface area contributed by atoms with Gasteiger partial charge in [0.05, 0.1) is 11.1 Å². The lowest BCUT2D eigenvalue weighted by Gasteiger charge is -2.18. The minimum absolute atomic E-state index is 0.0616. The summed E-state index contributed by atoms with van der Waals surface area (Å²) in [5.41, 5.74) is 7.80. The molecule has 0 spiro atoms. The average molecular weight is 282 g/mol. The van der Waals surface area contributed by atoms with Crippen LogP contribution in [0.3, 0.4) is 0 Å². The largest absolute Gasteiger partial charge is 0.383 e. The van der Waals surface area contributed by atoms with Crippen molar-refractivity contribution in [2.24, 2.45) is 0 Å². The third-order valence-electron chi connectivity index (χ3n) is 2.72. The molecule has 0 aliphatic rings. The summed E-state index contributed by atoms with van der Waals surface area (Å²) in [6.07, 6.45) is 1.54. The zero-order valence-electron chi connectivity index (χ0n) is 9.82. The minimum atomic E-state index is -0.0616. The number of halogens is 2. The molecule has 0 saturated carbocycles. The van der Waals surface area contributed by atoms with Gasteiger partial charge >= 0.3 is 0 Å². The number of pyridine rings is 1. The second-order valence-electron chi connectivity index (χ2n) is 3.90. The molecule has 0 fully saturated rings. The van der Waals surface area contributed by atoms with E-state index >= 15 is 0 Å². The van der Waals surface area contributed by atoms with Crippen molar-refractivity contribution in [1.29, 1.82) is 0 Å². The van der Waals surface area contributed by atoms with Gasteiger partial charge in [0.2, 0.25) is 0 Å². The smallest absolute Gasteiger partial charge is 0.128 e. The number of benzene rings is 1. The fraction of sp³-hybridized carbons (Fsp3) is 0.154. The first-order valence-corrected chi connectivity index (χ1v) is 6.21. The van der Waals surface area contributed by atoms with E-state index < -0.39 is 0 Å². The number of nitrogens with zero attached hydrogens (tertiary/aromatic N) is 1. The summed E-state index contributed by atoms with van der Waals surface area (Å²) in [7, 11) is 1.86. The van der Waals surface area contributed by atoms with Gasteiger partial charge in [0.1, 0.15) is 5.82 Å². The van der Waals surface area contributed by atoms with E-state index in [1.54, 1.807) is 0 Å². The monoisotopic (exact) mass is 281 g/mol. The Balaban J connectivity index is 2.44. The number of nitrogens with two attached hydrogens (primary N) is 1. The molecule has 3 N–H and O–H groups in total. The number of aromatic nitrogens is 1. The highest BCUT2D eigenvalue weighted by Crippen LogP contribution is 2.28. The normalized spacial score (nSPS) is 12.4. The second-order valence-corrected chi connectivity index (χ2v) is 4.77. The maximum Gasteiger partial charge on any atom is 0.128 e. The Labute approximate surface area is 116 Å². The Hall–Kier alpha value is -1.29. The zero-order chi connectivity index (χ0) is 13.1. The van der Waals surface area contributed by atoms with Crippen molar-refractivity contribution in [1.82, 2.24) is 10.3 Å². The molecule has 0 amide bonds. The number of nitrogen functional groups attached to an aromatic ring is 1. The van der Waals surface area contributed by atoms with Gasteiger partial charge in [-0.05, 0) is 30.8 Å². The van der Waals surface area contributed by atoms with E-state index in [0.29, 0.717) is 15.9 Å². The lowest BCUT2D eigenvalue weighted by atomic mass is 9.99. The number of hydrogen-bond donors (Lipinski definition) is 2. The van der Waals surface area contributed by atoms with Gasteiger partial charge in [-0.2, -0.15) is 0 Å². The molecule has 2 aromatic rings. The van der Waals surface area contributed by atoms with Crippen molar-refractivity contribution >= 4 is 29.0 Å². The van der Waals surface area contributed by atoms with E-state index in [4.69, 9.17) is 28.9 Å². The van der Waals surface area contributed by atoms with E-state index in [1.807, 2.05) is 37.4 Å². The van der Waals surface area contributed by atoms with Crippen molar-refractivity contribution in [3.63, 3.8) is 0 Å². The third-order valence-corrected chi connectivity index (χ3v) is 3.18. The van der Waals surface area contributed by atoms with E-state index in [-0.39, 0.29) is 6.04 Å². The Morgan fingerprint density at radius 1 is 1.17 bits per heavy atom. The fourth-order valence-electron chi connectivity index (χ4n) is 1.85. The lowest BCUT2D eigenvalue weighted by molar-refractivity contribution is 0.691. The zero-order valence-corrected chi connectivity index (χ0v) is 11.3. The van der Waals surface area contributed by atoms with Gasteiger partial charge in [-0.3, -0.25) is 0 Å². The van der Waals surface area contributed by atoms with Crippen LogP contribution in [0.5, 0.6) is 0 Å². The van der Waals surface area contributed by atoms with Crippen LogP contribution in [0.4, 0.5) is 5.82 Å². The Morgan fingerprint density at radius 2 is 1.83 bits per heavy atom. The summed E-state index contributed by atoms with van der Waals surface area (Å²) < 4.78 is 0. The quantitative estimate of drug-likeness (QED) is 0.908. The molecule has 0 bridgehead atoms. The summed E-state index contributed by atoms with van der Waals surface area (Å²) in [6, 6.07) is 9.34. The highest BCUT2D eigenvalue weighted by Gasteiger charge is 2.16. The molecule has 1 aromatic carbocycles. The maximum atomic E-state index is 5.96. The molecule has 0 saturated heterocycles. The van der Waals surface area contributed by atoms with Crippen molar-refractivity contribution in [3.05, 3.63) is 57.7 Å². The number of nitrogens with one attached hydrogen (secondary N) is 1. The topological polar surface area (TPSA) is 50.9 Å². The molecule has 1 atom stereocenters. The van der Waals surface area contributed by atoms with Gasteiger partial charge in [0.25, 0.3) is 0 Å². The summed E-state index contributed by atoms with van der Waals surface area (Å²) in [4.78, 5) is 4.07. The molecule has 94 valence electrons. The van der Waals surface area contributed by atoms with Crippen LogP contribution in [-0.2, 0) is 0 Å². The van der Waals surface area contributed by atoms with Crippen LogP contribution in [0.25, 0.3) is 0 Å². The van der Waals surface area contributed by atoms with Gasteiger partial charge in [-0.25, -0.2) is 4.98 Å². The molecular formula is C13H13Cl2N3. The Bertz CT molecular complexity index is 540. The van der Waals surface area contributed by atoms with Crippen LogP contribution < -0.4 is 11.1 Å². The van der Waals surface area contributed by atoms with Gasteiger partial charge in [-0.1, -0.05) is 35.3 Å². The first-order valence-electron chi connectivity index (χ1n) is 5.45. The average Bonchev–Trinajstić information content (AvgIpc) is 2.37. The molecule has 18 heavy (non-hydrogen) atoms. The van der Waals surface area contributed by atoms with Crippen LogP contribution >= 0.6 is 23.2 Å². The highest BCUT2D eigenvalue weighted by molar-refractivity contribution is 6.30. The SMILES string of the molecule is CNC(c1ccc(Cl)cc1)c1cc(Cl)cnc1N. The van der Waals surface area contributed by atoms with Crippen molar-refractivity contribution in [3.8, 4) is 0 Å².